The van der Waals surface area contributed by atoms with Gasteiger partial charge in [-0.15, -0.1) is 0 Å². The summed E-state index contributed by atoms with van der Waals surface area (Å²) in [6.07, 6.45) is 26.7. The van der Waals surface area contributed by atoms with Gasteiger partial charge in [0.05, 0.1) is 0 Å². The van der Waals surface area contributed by atoms with Crippen LogP contribution < -0.4 is 5.73 Å². The Morgan fingerprint density at radius 1 is 0.441 bits per heavy atom. The van der Waals surface area contributed by atoms with Crippen LogP contribution in [-0.4, -0.2) is 28.1 Å². The zero-order valence-electron chi connectivity index (χ0n) is 22.2. The monoisotopic (exact) mass is 485 g/mol. The number of nitrogens with two attached hydrogens (primary N) is 1. The molecule has 0 spiro atoms. The molecule has 0 bridgehead atoms. The van der Waals surface area contributed by atoms with Crippen molar-refractivity contribution >= 4 is 17.8 Å². The van der Waals surface area contributed by atoms with Crippen molar-refractivity contribution in [1.29, 1.82) is 0 Å². The Kier molecular flexibility index (Phi) is 29.9. The summed E-state index contributed by atoms with van der Waals surface area (Å²) in [6.45, 7) is 2.28. The van der Waals surface area contributed by atoms with Gasteiger partial charge in [-0.2, -0.15) is 0 Å². The maximum Gasteiger partial charge on any atom is 0.303 e. The first-order chi connectivity index (χ1) is 16.4. The molecular weight excluding hydrogens is 430 g/mol. The number of carbonyl (C=O) groups is 3. The van der Waals surface area contributed by atoms with E-state index in [1.54, 1.807) is 0 Å². The molecule has 6 nitrogen and oxygen atoms in total. The van der Waals surface area contributed by atoms with Crippen LogP contribution in [0.5, 0.6) is 0 Å². The summed E-state index contributed by atoms with van der Waals surface area (Å²) < 4.78 is 0. The Bertz CT molecular complexity index is 448. The number of hydrogen-bond donors (Lipinski definition) is 3. The highest BCUT2D eigenvalue weighted by molar-refractivity contribution is 5.73. The molecule has 0 aromatic rings. The van der Waals surface area contributed by atoms with Gasteiger partial charge in [0, 0.05) is 19.3 Å². The molecule has 1 amide bonds. The zero-order valence-corrected chi connectivity index (χ0v) is 22.2. The number of amides is 1. The first-order valence-corrected chi connectivity index (χ1v) is 14.1. The molecule has 0 aliphatic rings. The fourth-order valence-corrected chi connectivity index (χ4v) is 3.93. The van der Waals surface area contributed by atoms with Crippen molar-refractivity contribution < 1.29 is 24.6 Å². The van der Waals surface area contributed by atoms with E-state index in [0.717, 1.165) is 44.9 Å². The summed E-state index contributed by atoms with van der Waals surface area (Å²) in [5.41, 5.74) is 5.11. The maximum atomic E-state index is 10.6. The fraction of sp³-hybridized carbons (Fsp3) is 0.893. The molecule has 0 atom stereocenters. The van der Waals surface area contributed by atoms with Crippen LogP contribution in [0.25, 0.3) is 0 Å². The molecule has 0 aliphatic heterocycles. The normalized spacial score (nSPS) is 10.5. The number of primary amides is 1. The molecule has 6 heteroatoms. The van der Waals surface area contributed by atoms with Crippen molar-refractivity contribution in [3.63, 3.8) is 0 Å². The Morgan fingerprint density at radius 3 is 0.912 bits per heavy atom. The molecule has 34 heavy (non-hydrogen) atoms. The average Bonchev–Trinajstić information content (AvgIpc) is 2.78. The van der Waals surface area contributed by atoms with Crippen LogP contribution in [0.1, 0.15) is 161 Å². The Labute approximate surface area is 209 Å². The van der Waals surface area contributed by atoms with Crippen molar-refractivity contribution in [1.82, 2.24) is 0 Å². The highest BCUT2D eigenvalue weighted by Gasteiger charge is 1.98. The van der Waals surface area contributed by atoms with Crippen molar-refractivity contribution in [2.24, 2.45) is 5.73 Å². The maximum absolute atomic E-state index is 10.6. The van der Waals surface area contributed by atoms with E-state index in [4.69, 9.17) is 15.9 Å². The van der Waals surface area contributed by atoms with Crippen molar-refractivity contribution in [3.8, 4) is 0 Å². The van der Waals surface area contributed by atoms with E-state index in [2.05, 4.69) is 6.92 Å². The van der Waals surface area contributed by atoms with E-state index in [1.165, 1.54) is 89.9 Å². The van der Waals surface area contributed by atoms with E-state index >= 15 is 0 Å². The van der Waals surface area contributed by atoms with Crippen molar-refractivity contribution in [2.45, 2.75) is 161 Å². The van der Waals surface area contributed by atoms with Crippen LogP contribution in [0.2, 0.25) is 0 Å². The molecule has 0 aromatic heterocycles. The fourth-order valence-electron chi connectivity index (χ4n) is 3.93. The number of aliphatic carboxylic acids is 2. The van der Waals surface area contributed by atoms with Crippen LogP contribution >= 0.6 is 0 Å². The number of rotatable bonds is 25. The summed E-state index contributed by atoms with van der Waals surface area (Å²) in [6, 6.07) is 0. The van der Waals surface area contributed by atoms with Gasteiger partial charge in [-0.05, 0) is 19.3 Å². The number of carbonyl (C=O) groups excluding carboxylic acids is 1. The molecule has 0 saturated heterocycles. The van der Waals surface area contributed by atoms with E-state index < -0.39 is 11.9 Å². The molecule has 0 heterocycles. The van der Waals surface area contributed by atoms with Gasteiger partial charge in [0.15, 0.2) is 0 Å². The summed E-state index contributed by atoms with van der Waals surface area (Å²) in [5, 5.41) is 16.7. The van der Waals surface area contributed by atoms with Gasteiger partial charge < -0.3 is 15.9 Å². The van der Waals surface area contributed by atoms with Gasteiger partial charge in [-0.3, -0.25) is 14.4 Å². The lowest BCUT2D eigenvalue weighted by Gasteiger charge is -2.03. The van der Waals surface area contributed by atoms with E-state index in [0.29, 0.717) is 6.42 Å². The third kappa shape index (κ3) is 37.7. The van der Waals surface area contributed by atoms with Crippen LogP contribution in [0, 0.1) is 0 Å². The predicted molar refractivity (Wildman–Crippen MR) is 141 cm³/mol. The lowest BCUT2D eigenvalue weighted by atomic mass is 10.0. The Morgan fingerprint density at radius 2 is 0.676 bits per heavy atom. The smallest absolute Gasteiger partial charge is 0.303 e. The number of carboxylic acid groups (broad SMARTS) is 2. The minimum absolute atomic E-state index is 0.153. The molecule has 0 rings (SSSR count). The number of hydrogen-bond acceptors (Lipinski definition) is 3. The van der Waals surface area contributed by atoms with E-state index in [9.17, 15) is 14.4 Å². The lowest BCUT2D eigenvalue weighted by molar-refractivity contribution is -0.138. The molecule has 0 aromatic carbocycles. The first kappa shape index (κ1) is 34.6. The summed E-state index contributed by atoms with van der Waals surface area (Å²) in [4.78, 5) is 30.8. The second kappa shape index (κ2) is 29.4. The minimum Gasteiger partial charge on any atom is -0.481 e. The minimum atomic E-state index is -0.740. The third-order valence-electron chi connectivity index (χ3n) is 6.06. The molecule has 202 valence electrons. The lowest BCUT2D eigenvalue weighted by Crippen LogP contribution is -2.09. The zero-order chi connectivity index (χ0) is 25.7. The van der Waals surface area contributed by atoms with E-state index in [1.807, 2.05) is 0 Å². The van der Waals surface area contributed by atoms with Gasteiger partial charge in [0.1, 0.15) is 0 Å². The standard InChI is InChI=1S/C18H37NO.C10H18O4/c1-2-3-4-5-6-7-8-9-10-11-12-13-14-15-16-17-18(19)20;11-9(12)7-5-3-1-2-4-6-8-10(13)14/h2-17H2,1H3,(H2,19,20);1-8H2,(H,11,12)(H,13,14). The largest absolute Gasteiger partial charge is 0.481 e. The van der Waals surface area contributed by atoms with Gasteiger partial charge >= 0.3 is 11.9 Å². The first-order valence-electron chi connectivity index (χ1n) is 14.1. The van der Waals surface area contributed by atoms with Gasteiger partial charge in [-0.1, -0.05) is 122 Å². The summed E-state index contributed by atoms with van der Waals surface area (Å²) in [7, 11) is 0. The third-order valence-corrected chi connectivity index (χ3v) is 6.06. The second-order valence-corrected chi connectivity index (χ2v) is 9.57. The molecule has 0 radical (unpaired) electrons. The predicted octanol–water partition coefficient (Wildman–Crippen LogP) is 8.01. The van der Waals surface area contributed by atoms with Gasteiger partial charge in [0.25, 0.3) is 0 Å². The quantitative estimate of drug-likeness (QED) is 0.113. The van der Waals surface area contributed by atoms with Gasteiger partial charge in [0.2, 0.25) is 5.91 Å². The van der Waals surface area contributed by atoms with Crippen molar-refractivity contribution in [2.75, 3.05) is 0 Å². The van der Waals surface area contributed by atoms with E-state index in [-0.39, 0.29) is 18.7 Å². The van der Waals surface area contributed by atoms with Crippen molar-refractivity contribution in [3.05, 3.63) is 0 Å². The van der Waals surface area contributed by atoms with Crippen LogP contribution in [0.3, 0.4) is 0 Å². The topological polar surface area (TPSA) is 118 Å². The molecule has 0 saturated carbocycles. The molecule has 0 fully saturated rings. The number of unbranched alkanes of at least 4 members (excludes halogenated alkanes) is 19. The molecule has 0 aliphatic carbocycles. The SMILES string of the molecule is CCCCCCCCCCCCCCCCCC(N)=O.O=C(O)CCCCCCCCC(=O)O. The Hall–Kier alpha value is -1.59. The second-order valence-electron chi connectivity index (χ2n) is 9.57. The molecule has 4 N–H and O–H groups in total. The highest BCUT2D eigenvalue weighted by Crippen LogP contribution is 2.13. The molecular formula is C28H55NO5. The summed E-state index contributed by atoms with van der Waals surface area (Å²) in [5.74, 6) is -1.63. The highest BCUT2D eigenvalue weighted by atomic mass is 16.4. The number of carboxylic acids is 2. The molecule has 0 unspecified atom stereocenters. The van der Waals surface area contributed by atoms with Crippen LogP contribution in [-0.2, 0) is 14.4 Å². The summed E-state index contributed by atoms with van der Waals surface area (Å²) >= 11 is 0. The van der Waals surface area contributed by atoms with Crippen LogP contribution in [0.15, 0.2) is 0 Å². The van der Waals surface area contributed by atoms with Gasteiger partial charge in [-0.25, -0.2) is 0 Å². The Balaban J connectivity index is 0. The average molecular weight is 486 g/mol. The van der Waals surface area contributed by atoms with Crippen LogP contribution in [0.4, 0.5) is 0 Å².